The van der Waals surface area contributed by atoms with Gasteiger partial charge in [-0.1, -0.05) is 30.3 Å². The van der Waals surface area contributed by atoms with Crippen molar-refractivity contribution in [2.24, 2.45) is 0 Å². The maximum atomic E-state index is 11.5. The summed E-state index contributed by atoms with van der Waals surface area (Å²) in [5, 5.41) is 2.82. The van der Waals surface area contributed by atoms with Crippen LogP contribution in [0, 0.1) is 0 Å². The van der Waals surface area contributed by atoms with Crippen molar-refractivity contribution < 1.29 is 13.2 Å². The summed E-state index contributed by atoms with van der Waals surface area (Å²) in [6.45, 7) is 1.93. The SMILES string of the molecule is CC(CCc1ccccc1)NC(=O)CCS(C)(=O)=O. The van der Waals surface area contributed by atoms with Crippen LogP contribution in [0.15, 0.2) is 30.3 Å². The van der Waals surface area contributed by atoms with E-state index in [9.17, 15) is 13.2 Å². The van der Waals surface area contributed by atoms with E-state index in [1.807, 2.05) is 25.1 Å². The fraction of sp³-hybridized carbons (Fsp3) is 0.500. The topological polar surface area (TPSA) is 63.2 Å². The average Bonchev–Trinajstić information content (AvgIpc) is 2.34. The highest BCUT2D eigenvalue weighted by Gasteiger charge is 2.10. The van der Waals surface area contributed by atoms with Crippen molar-refractivity contribution in [3.63, 3.8) is 0 Å². The summed E-state index contributed by atoms with van der Waals surface area (Å²) in [4.78, 5) is 11.5. The third-order valence-corrected chi connectivity index (χ3v) is 3.76. The fourth-order valence-electron chi connectivity index (χ4n) is 1.73. The molecule has 0 spiro atoms. The molecule has 1 unspecified atom stereocenters. The Bertz CT molecular complexity index is 497. The lowest BCUT2D eigenvalue weighted by Crippen LogP contribution is -2.33. The number of rotatable bonds is 7. The Hall–Kier alpha value is -1.36. The third-order valence-electron chi connectivity index (χ3n) is 2.82. The second kappa shape index (κ2) is 7.28. The molecule has 19 heavy (non-hydrogen) atoms. The Morgan fingerprint density at radius 3 is 2.47 bits per heavy atom. The van der Waals surface area contributed by atoms with E-state index in [0.717, 1.165) is 19.1 Å². The smallest absolute Gasteiger partial charge is 0.221 e. The lowest BCUT2D eigenvalue weighted by Gasteiger charge is -2.13. The van der Waals surface area contributed by atoms with Crippen molar-refractivity contribution in [2.75, 3.05) is 12.0 Å². The number of benzene rings is 1. The molecule has 1 rings (SSSR count). The van der Waals surface area contributed by atoms with Crippen molar-refractivity contribution in [3.05, 3.63) is 35.9 Å². The minimum Gasteiger partial charge on any atom is -0.354 e. The van der Waals surface area contributed by atoms with Gasteiger partial charge in [0.25, 0.3) is 0 Å². The Balaban J connectivity index is 2.27. The largest absolute Gasteiger partial charge is 0.354 e. The van der Waals surface area contributed by atoms with Crippen LogP contribution in [0.25, 0.3) is 0 Å². The van der Waals surface area contributed by atoms with Crippen LogP contribution in [0.4, 0.5) is 0 Å². The van der Waals surface area contributed by atoms with Crippen LogP contribution in [0.2, 0.25) is 0 Å². The van der Waals surface area contributed by atoms with E-state index in [0.29, 0.717) is 0 Å². The van der Waals surface area contributed by atoms with Gasteiger partial charge in [0.2, 0.25) is 5.91 Å². The van der Waals surface area contributed by atoms with E-state index in [1.54, 1.807) is 0 Å². The molecule has 0 aliphatic heterocycles. The van der Waals surface area contributed by atoms with Crippen LogP contribution in [-0.4, -0.2) is 32.4 Å². The van der Waals surface area contributed by atoms with Crippen LogP contribution < -0.4 is 5.32 Å². The van der Waals surface area contributed by atoms with Crippen LogP contribution in [0.1, 0.15) is 25.3 Å². The molecule has 0 aromatic heterocycles. The van der Waals surface area contributed by atoms with Gasteiger partial charge < -0.3 is 5.32 Å². The van der Waals surface area contributed by atoms with Gasteiger partial charge in [0.1, 0.15) is 9.84 Å². The number of carbonyl (C=O) groups excluding carboxylic acids is 1. The highest BCUT2D eigenvalue weighted by atomic mass is 32.2. The molecule has 1 atom stereocenters. The number of nitrogens with one attached hydrogen (secondary N) is 1. The van der Waals surface area contributed by atoms with Gasteiger partial charge in [0, 0.05) is 18.7 Å². The van der Waals surface area contributed by atoms with E-state index >= 15 is 0 Å². The lowest BCUT2D eigenvalue weighted by atomic mass is 10.1. The van der Waals surface area contributed by atoms with Crippen molar-refractivity contribution in [1.82, 2.24) is 5.32 Å². The molecule has 0 heterocycles. The summed E-state index contributed by atoms with van der Waals surface area (Å²) >= 11 is 0. The highest BCUT2D eigenvalue weighted by molar-refractivity contribution is 7.90. The monoisotopic (exact) mass is 283 g/mol. The van der Waals surface area contributed by atoms with Crippen LogP contribution in [0.5, 0.6) is 0 Å². The third kappa shape index (κ3) is 7.62. The highest BCUT2D eigenvalue weighted by Crippen LogP contribution is 2.05. The first-order valence-electron chi connectivity index (χ1n) is 6.38. The van der Waals surface area contributed by atoms with Crippen LogP contribution in [-0.2, 0) is 21.1 Å². The summed E-state index contributed by atoms with van der Waals surface area (Å²) < 4.78 is 21.9. The molecule has 0 aliphatic rings. The fourth-order valence-corrected chi connectivity index (χ4v) is 2.28. The van der Waals surface area contributed by atoms with Gasteiger partial charge in [-0.05, 0) is 25.3 Å². The van der Waals surface area contributed by atoms with Crippen molar-refractivity contribution in [3.8, 4) is 0 Å². The van der Waals surface area contributed by atoms with Gasteiger partial charge >= 0.3 is 0 Å². The van der Waals surface area contributed by atoms with Gasteiger partial charge in [0.05, 0.1) is 5.75 Å². The summed E-state index contributed by atoms with van der Waals surface area (Å²) in [5.74, 6) is -0.296. The van der Waals surface area contributed by atoms with Crippen molar-refractivity contribution >= 4 is 15.7 Å². The minimum absolute atomic E-state index is 0.0362. The van der Waals surface area contributed by atoms with Crippen molar-refractivity contribution in [2.45, 2.75) is 32.2 Å². The van der Waals surface area contributed by atoms with Gasteiger partial charge in [-0.3, -0.25) is 4.79 Å². The first kappa shape index (κ1) is 15.7. The molecule has 0 saturated carbocycles. The quantitative estimate of drug-likeness (QED) is 0.826. The van der Waals surface area contributed by atoms with E-state index in [2.05, 4.69) is 17.4 Å². The average molecular weight is 283 g/mol. The van der Waals surface area contributed by atoms with Gasteiger partial charge in [0.15, 0.2) is 0 Å². The number of sulfone groups is 1. The molecule has 1 aromatic rings. The summed E-state index contributed by atoms with van der Waals surface area (Å²) in [7, 11) is -3.07. The second-order valence-corrected chi connectivity index (χ2v) is 7.13. The lowest BCUT2D eigenvalue weighted by molar-refractivity contribution is -0.121. The molecule has 4 nitrogen and oxygen atoms in total. The number of hydrogen-bond acceptors (Lipinski definition) is 3. The van der Waals surface area contributed by atoms with E-state index in [-0.39, 0.29) is 24.1 Å². The second-order valence-electron chi connectivity index (χ2n) is 4.87. The molecule has 0 radical (unpaired) electrons. The van der Waals surface area contributed by atoms with Crippen LogP contribution >= 0.6 is 0 Å². The maximum Gasteiger partial charge on any atom is 0.221 e. The number of aryl methyl sites for hydroxylation is 1. The van der Waals surface area contributed by atoms with E-state index in [4.69, 9.17) is 0 Å². The maximum absolute atomic E-state index is 11.5. The predicted molar refractivity (Wildman–Crippen MR) is 76.7 cm³/mol. The number of amides is 1. The van der Waals surface area contributed by atoms with Gasteiger partial charge in [-0.2, -0.15) is 0 Å². The van der Waals surface area contributed by atoms with Crippen molar-refractivity contribution in [1.29, 1.82) is 0 Å². The molecule has 0 saturated heterocycles. The zero-order valence-electron chi connectivity index (χ0n) is 11.4. The first-order valence-corrected chi connectivity index (χ1v) is 8.44. The Morgan fingerprint density at radius 2 is 1.89 bits per heavy atom. The molecule has 5 heteroatoms. The molecular formula is C14H21NO3S. The number of hydrogen-bond donors (Lipinski definition) is 1. The Kier molecular flexibility index (Phi) is 6.02. The molecule has 0 aliphatic carbocycles. The standard InChI is InChI=1S/C14H21NO3S/c1-12(8-9-13-6-4-3-5-7-13)15-14(16)10-11-19(2,17)18/h3-7,12H,8-11H2,1-2H3,(H,15,16). The molecule has 1 aromatic carbocycles. The summed E-state index contributed by atoms with van der Waals surface area (Å²) in [6.07, 6.45) is 2.91. The minimum atomic E-state index is -3.07. The number of carbonyl (C=O) groups is 1. The molecule has 0 fully saturated rings. The van der Waals surface area contributed by atoms with E-state index in [1.165, 1.54) is 5.56 Å². The summed E-state index contributed by atoms with van der Waals surface area (Å²) in [5.41, 5.74) is 1.24. The zero-order valence-corrected chi connectivity index (χ0v) is 12.2. The normalized spacial score (nSPS) is 12.9. The Labute approximate surface area is 115 Å². The van der Waals surface area contributed by atoms with Gasteiger partial charge in [-0.15, -0.1) is 0 Å². The molecule has 0 bridgehead atoms. The molecule has 106 valence electrons. The first-order chi connectivity index (χ1) is 8.87. The predicted octanol–water partition coefficient (Wildman–Crippen LogP) is 1.56. The summed E-state index contributed by atoms with van der Waals surface area (Å²) in [6, 6.07) is 10.1. The molecule has 1 amide bonds. The zero-order chi connectivity index (χ0) is 14.3. The van der Waals surface area contributed by atoms with Gasteiger partial charge in [-0.25, -0.2) is 8.42 Å². The molecule has 1 N–H and O–H groups in total. The Morgan fingerprint density at radius 1 is 1.26 bits per heavy atom. The van der Waals surface area contributed by atoms with Crippen LogP contribution in [0.3, 0.4) is 0 Å². The molecular weight excluding hydrogens is 262 g/mol. The van der Waals surface area contributed by atoms with E-state index < -0.39 is 9.84 Å².